The molecule has 0 atom stereocenters. The highest BCUT2D eigenvalue weighted by Crippen LogP contribution is 2.23. The number of hydrogen-bond acceptors (Lipinski definition) is 5. The van der Waals surface area contributed by atoms with E-state index in [0.717, 1.165) is 0 Å². The second-order valence-electron chi connectivity index (χ2n) is 4.91. The molecule has 0 heterocycles. The van der Waals surface area contributed by atoms with Crippen LogP contribution in [0.15, 0.2) is 53.4 Å². The lowest BCUT2D eigenvalue weighted by Crippen LogP contribution is -2.29. The quantitative estimate of drug-likeness (QED) is 0.690. The molecular formula is C16H17N3O5S. The van der Waals surface area contributed by atoms with Crippen molar-refractivity contribution in [3.63, 3.8) is 0 Å². The van der Waals surface area contributed by atoms with Gasteiger partial charge in [0.25, 0.3) is 0 Å². The van der Waals surface area contributed by atoms with Crippen molar-refractivity contribution in [2.45, 2.75) is 11.8 Å². The summed E-state index contributed by atoms with van der Waals surface area (Å²) in [6.45, 7) is 2.21. The Bertz CT molecular complexity index is 879. The number of nitrogens with one attached hydrogen (secondary N) is 2. The van der Waals surface area contributed by atoms with Gasteiger partial charge in [0.2, 0.25) is 10.0 Å². The van der Waals surface area contributed by atoms with Crippen LogP contribution in [0.25, 0.3) is 0 Å². The number of ether oxygens (including phenoxy) is 1. The van der Waals surface area contributed by atoms with Gasteiger partial charge in [-0.15, -0.1) is 0 Å². The SMILES string of the molecule is CCOc1ccccc1NC(=O)C(=O)Nc1ccc(S(N)(=O)=O)cc1. The van der Waals surface area contributed by atoms with E-state index >= 15 is 0 Å². The van der Waals surface area contributed by atoms with Crippen molar-refractivity contribution in [2.75, 3.05) is 17.2 Å². The van der Waals surface area contributed by atoms with E-state index in [-0.39, 0.29) is 10.6 Å². The largest absolute Gasteiger partial charge is 0.492 e. The molecule has 2 aromatic rings. The third kappa shape index (κ3) is 5.03. The second-order valence-corrected chi connectivity index (χ2v) is 6.47. The predicted molar refractivity (Wildman–Crippen MR) is 92.7 cm³/mol. The van der Waals surface area contributed by atoms with Gasteiger partial charge in [0, 0.05) is 5.69 Å². The molecule has 9 heteroatoms. The normalized spacial score (nSPS) is 10.8. The van der Waals surface area contributed by atoms with Crippen molar-refractivity contribution in [1.82, 2.24) is 0 Å². The maximum absolute atomic E-state index is 12.0. The monoisotopic (exact) mass is 363 g/mol. The molecule has 2 amide bonds. The summed E-state index contributed by atoms with van der Waals surface area (Å²) in [5.74, 6) is -1.35. The summed E-state index contributed by atoms with van der Waals surface area (Å²) in [6, 6.07) is 11.8. The topological polar surface area (TPSA) is 128 Å². The highest BCUT2D eigenvalue weighted by molar-refractivity contribution is 7.89. The van der Waals surface area contributed by atoms with Crippen LogP contribution in [0.2, 0.25) is 0 Å². The molecule has 0 saturated heterocycles. The number of carbonyl (C=O) groups excluding carboxylic acids is 2. The average molecular weight is 363 g/mol. The molecule has 2 rings (SSSR count). The lowest BCUT2D eigenvalue weighted by molar-refractivity contribution is -0.133. The third-order valence-corrected chi connectivity index (χ3v) is 4.01. The van der Waals surface area contributed by atoms with E-state index in [9.17, 15) is 18.0 Å². The third-order valence-electron chi connectivity index (χ3n) is 3.08. The molecular weight excluding hydrogens is 346 g/mol. The van der Waals surface area contributed by atoms with E-state index < -0.39 is 21.8 Å². The molecule has 4 N–H and O–H groups in total. The molecule has 0 unspecified atom stereocenters. The molecule has 25 heavy (non-hydrogen) atoms. The lowest BCUT2D eigenvalue weighted by atomic mass is 10.3. The van der Waals surface area contributed by atoms with Crippen LogP contribution in [0.4, 0.5) is 11.4 Å². The molecule has 0 aliphatic carbocycles. The average Bonchev–Trinajstić information content (AvgIpc) is 2.56. The summed E-state index contributed by atoms with van der Waals surface area (Å²) < 4.78 is 27.7. The summed E-state index contributed by atoms with van der Waals surface area (Å²) in [5.41, 5.74) is 0.625. The van der Waals surface area contributed by atoms with Crippen LogP contribution < -0.4 is 20.5 Å². The first kappa shape index (κ1) is 18.4. The Morgan fingerprint density at radius 3 is 2.20 bits per heavy atom. The first-order valence-electron chi connectivity index (χ1n) is 7.28. The minimum Gasteiger partial charge on any atom is -0.492 e. The molecule has 0 fully saturated rings. The van der Waals surface area contributed by atoms with Crippen LogP contribution in [0, 0.1) is 0 Å². The van der Waals surface area contributed by atoms with Gasteiger partial charge in [0.15, 0.2) is 0 Å². The molecule has 0 aromatic heterocycles. The number of nitrogens with two attached hydrogens (primary N) is 1. The first-order chi connectivity index (χ1) is 11.8. The Morgan fingerprint density at radius 1 is 1.00 bits per heavy atom. The minimum atomic E-state index is -3.82. The van der Waals surface area contributed by atoms with Crippen molar-refractivity contribution in [3.8, 4) is 5.75 Å². The highest BCUT2D eigenvalue weighted by Gasteiger charge is 2.16. The zero-order chi connectivity index (χ0) is 18.4. The van der Waals surface area contributed by atoms with Crippen LogP contribution >= 0.6 is 0 Å². The molecule has 0 bridgehead atoms. The number of rotatable bonds is 5. The second kappa shape index (κ2) is 7.77. The molecule has 8 nitrogen and oxygen atoms in total. The lowest BCUT2D eigenvalue weighted by Gasteiger charge is -2.11. The van der Waals surface area contributed by atoms with Gasteiger partial charge < -0.3 is 15.4 Å². The number of anilines is 2. The van der Waals surface area contributed by atoms with E-state index in [1.54, 1.807) is 31.2 Å². The van der Waals surface area contributed by atoms with Crippen molar-refractivity contribution in [2.24, 2.45) is 5.14 Å². The van der Waals surface area contributed by atoms with Crippen molar-refractivity contribution >= 4 is 33.2 Å². The number of hydrogen-bond donors (Lipinski definition) is 3. The Labute approximate surface area is 145 Å². The minimum absolute atomic E-state index is 0.0967. The number of sulfonamides is 1. The molecule has 0 aliphatic heterocycles. The van der Waals surface area contributed by atoms with Crippen molar-refractivity contribution < 1.29 is 22.7 Å². The maximum atomic E-state index is 12.0. The Hall–Kier alpha value is -2.91. The summed E-state index contributed by atoms with van der Waals surface area (Å²) >= 11 is 0. The van der Waals surface area contributed by atoms with Gasteiger partial charge in [-0.1, -0.05) is 12.1 Å². The predicted octanol–water partition coefficient (Wildman–Crippen LogP) is 1.31. The number of para-hydroxylation sites is 2. The van der Waals surface area contributed by atoms with Crippen LogP contribution in [0.1, 0.15) is 6.92 Å². The summed E-state index contributed by atoms with van der Waals surface area (Å²) in [7, 11) is -3.82. The molecule has 0 aliphatic rings. The van der Waals surface area contributed by atoms with E-state index in [1.165, 1.54) is 24.3 Å². The summed E-state index contributed by atoms with van der Waals surface area (Å²) in [6.07, 6.45) is 0. The number of benzene rings is 2. The van der Waals surface area contributed by atoms with Gasteiger partial charge in [-0.25, -0.2) is 13.6 Å². The standard InChI is InChI=1S/C16H17N3O5S/c1-2-24-14-6-4-3-5-13(14)19-16(21)15(20)18-11-7-9-12(10-8-11)25(17,22)23/h3-10H,2H2,1H3,(H,18,20)(H,19,21)(H2,17,22,23). The fourth-order valence-corrected chi connectivity index (χ4v) is 2.46. The summed E-state index contributed by atoms with van der Waals surface area (Å²) in [5, 5.41) is 9.81. The van der Waals surface area contributed by atoms with E-state index in [0.29, 0.717) is 18.0 Å². The van der Waals surface area contributed by atoms with Crippen molar-refractivity contribution in [3.05, 3.63) is 48.5 Å². The van der Waals surface area contributed by atoms with Crippen molar-refractivity contribution in [1.29, 1.82) is 0 Å². The molecule has 0 saturated carbocycles. The van der Waals surface area contributed by atoms with Gasteiger partial charge in [-0.3, -0.25) is 9.59 Å². The number of amides is 2. The molecule has 0 radical (unpaired) electrons. The molecule has 132 valence electrons. The molecule has 2 aromatic carbocycles. The zero-order valence-corrected chi connectivity index (χ0v) is 14.2. The van der Waals surface area contributed by atoms with Crippen LogP contribution in [-0.2, 0) is 19.6 Å². The van der Waals surface area contributed by atoms with Gasteiger partial charge in [-0.05, 0) is 43.3 Å². The molecule has 0 spiro atoms. The summed E-state index contributed by atoms with van der Waals surface area (Å²) in [4.78, 5) is 23.9. The van der Waals surface area contributed by atoms with Gasteiger partial charge in [0.05, 0.1) is 17.2 Å². The van der Waals surface area contributed by atoms with Crippen LogP contribution in [0.5, 0.6) is 5.75 Å². The Kier molecular flexibility index (Phi) is 5.73. The smallest absolute Gasteiger partial charge is 0.314 e. The fourth-order valence-electron chi connectivity index (χ4n) is 1.95. The van der Waals surface area contributed by atoms with E-state index in [4.69, 9.17) is 9.88 Å². The first-order valence-corrected chi connectivity index (χ1v) is 8.83. The van der Waals surface area contributed by atoms with Gasteiger partial charge >= 0.3 is 11.8 Å². The number of primary sulfonamides is 1. The van der Waals surface area contributed by atoms with Gasteiger partial charge in [-0.2, -0.15) is 0 Å². The van der Waals surface area contributed by atoms with E-state index in [2.05, 4.69) is 10.6 Å². The zero-order valence-electron chi connectivity index (χ0n) is 13.4. The maximum Gasteiger partial charge on any atom is 0.314 e. The van der Waals surface area contributed by atoms with Crippen LogP contribution in [0.3, 0.4) is 0 Å². The number of carbonyl (C=O) groups is 2. The Morgan fingerprint density at radius 2 is 1.60 bits per heavy atom. The van der Waals surface area contributed by atoms with Gasteiger partial charge in [0.1, 0.15) is 5.75 Å². The fraction of sp³-hybridized carbons (Fsp3) is 0.125. The highest BCUT2D eigenvalue weighted by atomic mass is 32.2. The Balaban J connectivity index is 2.05. The van der Waals surface area contributed by atoms with Crippen LogP contribution in [-0.4, -0.2) is 26.8 Å². The van der Waals surface area contributed by atoms with E-state index in [1.807, 2.05) is 0 Å².